The van der Waals surface area contributed by atoms with E-state index >= 15 is 0 Å². The van der Waals surface area contributed by atoms with Gasteiger partial charge in [0.1, 0.15) is 0 Å². The van der Waals surface area contributed by atoms with Gasteiger partial charge in [0, 0.05) is 13.1 Å². The molecule has 0 rings (SSSR count). The summed E-state index contributed by atoms with van der Waals surface area (Å²) in [5.74, 6) is 0.623. The molecule has 0 aliphatic rings. The van der Waals surface area contributed by atoms with E-state index in [4.69, 9.17) is 5.73 Å². The first-order valence-corrected chi connectivity index (χ1v) is 8.26. The zero-order valence-corrected chi connectivity index (χ0v) is 13.1. The van der Waals surface area contributed by atoms with Crippen LogP contribution in [0.5, 0.6) is 0 Å². The van der Waals surface area contributed by atoms with Crippen LogP contribution in [0.4, 0.5) is 0 Å². The summed E-state index contributed by atoms with van der Waals surface area (Å²) in [6, 6.07) is -0.502. The van der Waals surface area contributed by atoms with Gasteiger partial charge in [-0.1, -0.05) is 13.8 Å². The largest absolute Gasteiger partial charge is 0.355 e. The first-order valence-electron chi connectivity index (χ1n) is 6.86. The van der Waals surface area contributed by atoms with E-state index in [2.05, 4.69) is 5.32 Å². The number of nitrogens with two attached hydrogens (primary N) is 1. The Hall–Kier alpha value is -0.750. The molecule has 0 unspecified atom stereocenters. The van der Waals surface area contributed by atoms with Crippen LogP contribution in [0.15, 0.2) is 0 Å². The molecule has 0 aromatic heterocycles. The van der Waals surface area contributed by atoms with Gasteiger partial charge in [0.05, 0.1) is 12.6 Å². The second-order valence-corrected chi connectivity index (χ2v) is 5.48. The quantitative estimate of drug-likeness (QED) is 0.625. The number of amides is 2. The maximum Gasteiger partial charge on any atom is 0.239 e. The van der Waals surface area contributed by atoms with Gasteiger partial charge in [-0.25, -0.2) is 0 Å². The monoisotopic (exact) mass is 289 g/mol. The van der Waals surface area contributed by atoms with Crippen LogP contribution >= 0.6 is 11.8 Å². The van der Waals surface area contributed by atoms with Crippen LogP contribution in [-0.4, -0.2) is 54.4 Å². The normalized spacial score (nSPS) is 12.0. The molecule has 3 N–H and O–H groups in total. The van der Waals surface area contributed by atoms with Crippen molar-refractivity contribution in [2.75, 3.05) is 31.6 Å². The SMILES string of the molecule is CCCNC(=O)CN(CCC)C(=O)[C@@H](N)CCSC. The lowest BCUT2D eigenvalue weighted by molar-refractivity contribution is -0.137. The molecule has 0 bridgehead atoms. The number of hydrogen-bond acceptors (Lipinski definition) is 4. The number of rotatable bonds is 10. The Morgan fingerprint density at radius 2 is 2.00 bits per heavy atom. The van der Waals surface area contributed by atoms with Crippen LogP contribution in [0.25, 0.3) is 0 Å². The number of hydrogen-bond donors (Lipinski definition) is 2. The summed E-state index contributed by atoms with van der Waals surface area (Å²) >= 11 is 1.67. The number of carbonyl (C=O) groups is 2. The summed E-state index contributed by atoms with van der Waals surface area (Å²) in [6.07, 6.45) is 4.35. The summed E-state index contributed by atoms with van der Waals surface area (Å²) in [5.41, 5.74) is 5.87. The highest BCUT2D eigenvalue weighted by Gasteiger charge is 2.21. The average Bonchev–Trinajstić information content (AvgIpc) is 2.41. The molecule has 2 amide bonds. The zero-order chi connectivity index (χ0) is 14.7. The van der Waals surface area contributed by atoms with E-state index in [0.717, 1.165) is 18.6 Å². The molecule has 0 fully saturated rings. The molecule has 0 aliphatic heterocycles. The predicted octanol–water partition coefficient (Wildman–Crippen LogP) is 0.832. The molecule has 0 radical (unpaired) electrons. The first-order chi connectivity index (χ1) is 9.06. The van der Waals surface area contributed by atoms with E-state index in [0.29, 0.717) is 19.5 Å². The van der Waals surface area contributed by atoms with Crippen molar-refractivity contribution in [1.82, 2.24) is 10.2 Å². The highest BCUT2D eigenvalue weighted by atomic mass is 32.2. The number of carbonyl (C=O) groups excluding carboxylic acids is 2. The summed E-state index contributed by atoms with van der Waals surface area (Å²) < 4.78 is 0. The molecular formula is C13H27N3O2S. The molecule has 0 aromatic rings. The van der Waals surface area contributed by atoms with Crippen molar-refractivity contribution in [2.24, 2.45) is 5.73 Å². The van der Waals surface area contributed by atoms with Gasteiger partial charge in [-0.05, 0) is 31.3 Å². The second kappa shape index (κ2) is 11.1. The Morgan fingerprint density at radius 3 is 2.53 bits per heavy atom. The van der Waals surface area contributed by atoms with Crippen LogP contribution in [0.1, 0.15) is 33.1 Å². The number of thioether (sulfide) groups is 1. The number of nitrogens with one attached hydrogen (secondary N) is 1. The molecule has 19 heavy (non-hydrogen) atoms. The van der Waals surface area contributed by atoms with Gasteiger partial charge in [0.25, 0.3) is 0 Å². The molecule has 0 spiro atoms. The van der Waals surface area contributed by atoms with Gasteiger partial charge in [-0.2, -0.15) is 11.8 Å². The van der Waals surface area contributed by atoms with Crippen molar-refractivity contribution in [2.45, 2.75) is 39.2 Å². The smallest absolute Gasteiger partial charge is 0.239 e. The highest BCUT2D eigenvalue weighted by Crippen LogP contribution is 2.03. The van der Waals surface area contributed by atoms with Crippen molar-refractivity contribution >= 4 is 23.6 Å². The Kier molecular flexibility index (Phi) is 10.7. The first kappa shape index (κ1) is 18.2. The van der Waals surface area contributed by atoms with E-state index in [1.165, 1.54) is 0 Å². The topological polar surface area (TPSA) is 75.4 Å². The van der Waals surface area contributed by atoms with Crippen LogP contribution < -0.4 is 11.1 Å². The second-order valence-electron chi connectivity index (χ2n) is 4.50. The Bertz CT molecular complexity index is 275. The fraction of sp³-hybridized carbons (Fsp3) is 0.846. The molecule has 0 aromatic carbocycles. The van der Waals surface area contributed by atoms with E-state index in [1.807, 2.05) is 20.1 Å². The molecule has 6 heteroatoms. The molecule has 1 atom stereocenters. The molecule has 0 aliphatic carbocycles. The van der Waals surface area contributed by atoms with Crippen molar-refractivity contribution in [3.05, 3.63) is 0 Å². The zero-order valence-electron chi connectivity index (χ0n) is 12.3. The molecule has 0 heterocycles. The van der Waals surface area contributed by atoms with E-state index in [-0.39, 0.29) is 18.4 Å². The summed E-state index contributed by atoms with van der Waals surface area (Å²) in [4.78, 5) is 25.4. The fourth-order valence-corrected chi connectivity index (χ4v) is 2.12. The third-order valence-electron chi connectivity index (χ3n) is 2.66. The van der Waals surface area contributed by atoms with Gasteiger partial charge in [0.15, 0.2) is 0 Å². The Labute approximate surface area is 120 Å². The summed E-state index contributed by atoms with van der Waals surface area (Å²) in [6.45, 7) is 5.31. The van der Waals surface area contributed by atoms with Gasteiger partial charge in [-0.15, -0.1) is 0 Å². The van der Waals surface area contributed by atoms with Crippen molar-refractivity contribution in [1.29, 1.82) is 0 Å². The van der Waals surface area contributed by atoms with Crippen LogP contribution in [0.2, 0.25) is 0 Å². The van der Waals surface area contributed by atoms with Crippen molar-refractivity contribution in [3.63, 3.8) is 0 Å². The van der Waals surface area contributed by atoms with Gasteiger partial charge in [0.2, 0.25) is 11.8 Å². The van der Waals surface area contributed by atoms with E-state index in [1.54, 1.807) is 16.7 Å². The molecule has 0 saturated heterocycles. The standard InChI is InChI=1S/C13H27N3O2S/c1-4-7-15-12(17)10-16(8-5-2)13(18)11(14)6-9-19-3/h11H,4-10,14H2,1-3H3,(H,15,17)/t11-/m0/s1. The Balaban J connectivity index is 4.36. The van der Waals surface area contributed by atoms with Crippen LogP contribution in [0, 0.1) is 0 Å². The minimum atomic E-state index is -0.502. The lowest BCUT2D eigenvalue weighted by Gasteiger charge is -2.24. The predicted molar refractivity (Wildman–Crippen MR) is 81.1 cm³/mol. The maximum absolute atomic E-state index is 12.2. The molecule has 5 nitrogen and oxygen atoms in total. The maximum atomic E-state index is 12.2. The summed E-state index contributed by atoms with van der Waals surface area (Å²) in [7, 11) is 0. The Morgan fingerprint density at radius 1 is 1.32 bits per heavy atom. The minimum absolute atomic E-state index is 0.110. The van der Waals surface area contributed by atoms with Gasteiger partial charge >= 0.3 is 0 Å². The third-order valence-corrected chi connectivity index (χ3v) is 3.31. The van der Waals surface area contributed by atoms with Gasteiger partial charge in [-0.3, -0.25) is 9.59 Å². The van der Waals surface area contributed by atoms with Crippen molar-refractivity contribution in [3.8, 4) is 0 Å². The van der Waals surface area contributed by atoms with E-state index in [9.17, 15) is 9.59 Å². The molecular weight excluding hydrogens is 262 g/mol. The third kappa shape index (κ3) is 8.10. The fourth-order valence-electron chi connectivity index (χ4n) is 1.63. The van der Waals surface area contributed by atoms with Crippen LogP contribution in [0.3, 0.4) is 0 Å². The lowest BCUT2D eigenvalue weighted by Crippen LogP contribution is -2.48. The van der Waals surface area contributed by atoms with Gasteiger partial charge < -0.3 is 16.0 Å². The molecule has 112 valence electrons. The van der Waals surface area contributed by atoms with Crippen molar-refractivity contribution < 1.29 is 9.59 Å². The lowest BCUT2D eigenvalue weighted by atomic mass is 10.2. The average molecular weight is 289 g/mol. The van der Waals surface area contributed by atoms with Crippen LogP contribution in [-0.2, 0) is 9.59 Å². The minimum Gasteiger partial charge on any atom is -0.355 e. The molecule has 0 saturated carbocycles. The number of nitrogens with zero attached hydrogens (tertiary/aromatic N) is 1. The van der Waals surface area contributed by atoms with E-state index < -0.39 is 6.04 Å². The summed E-state index contributed by atoms with van der Waals surface area (Å²) in [5, 5.41) is 2.78. The highest BCUT2D eigenvalue weighted by molar-refractivity contribution is 7.98.